The molecule has 1 aromatic rings. The Labute approximate surface area is 110 Å². The molecule has 0 spiro atoms. The number of nitro groups is 1. The second kappa shape index (κ2) is 5.87. The molecule has 0 aromatic heterocycles. The van der Waals surface area contributed by atoms with Crippen molar-refractivity contribution in [2.45, 2.75) is 26.3 Å². The molecule has 0 radical (unpaired) electrons. The molecule has 2 N–H and O–H groups in total. The molecular formula is C13H14N2O4. The predicted octanol–water partition coefficient (Wildman–Crippen LogP) is 2.43. The number of nitro benzene ring substituents is 1. The Morgan fingerprint density at radius 3 is 2.74 bits per heavy atom. The highest BCUT2D eigenvalue weighted by molar-refractivity contribution is 5.90. The standard InChI is InChI=1S/C13H14N2O4/c1-4-5-8(2)14-11-6-10(13(16)17)7-12(9(11)3)15(18)19/h1,6-8,14H,5H2,2-3H3,(H,16,17). The van der Waals surface area contributed by atoms with Crippen molar-refractivity contribution in [3.63, 3.8) is 0 Å². The van der Waals surface area contributed by atoms with Gasteiger partial charge in [0.25, 0.3) is 5.69 Å². The largest absolute Gasteiger partial charge is 0.478 e. The second-order valence-corrected chi connectivity index (χ2v) is 4.18. The molecule has 0 saturated heterocycles. The first-order chi connectivity index (χ1) is 8.86. The van der Waals surface area contributed by atoms with Crippen LogP contribution in [0.2, 0.25) is 0 Å². The van der Waals surface area contributed by atoms with Gasteiger partial charge in [0, 0.05) is 29.8 Å². The smallest absolute Gasteiger partial charge is 0.336 e. The Bertz CT molecular complexity index is 560. The highest BCUT2D eigenvalue weighted by atomic mass is 16.6. The van der Waals surface area contributed by atoms with Gasteiger partial charge in [-0.15, -0.1) is 12.3 Å². The number of terminal acetylenes is 1. The van der Waals surface area contributed by atoms with Gasteiger partial charge < -0.3 is 10.4 Å². The van der Waals surface area contributed by atoms with Gasteiger partial charge in [-0.25, -0.2) is 4.79 Å². The van der Waals surface area contributed by atoms with E-state index in [-0.39, 0.29) is 17.3 Å². The first kappa shape index (κ1) is 14.5. The zero-order valence-electron chi connectivity index (χ0n) is 10.6. The molecular weight excluding hydrogens is 248 g/mol. The lowest BCUT2D eigenvalue weighted by Crippen LogP contribution is -2.16. The summed E-state index contributed by atoms with van der Waals surface area (Å²) in [6.07, 6.45) is 5.62. The van der Waals surface area contributed by atoms with Gasteiger partial charge in [0.05, 0.1) is 10.5 Å². The van der Waals surface area contributed by atoms with Crippen molar-refractivity contribution in [2.75, 3.05) is 5.32 Å². The molecule has 100 valence electrons. The maximum absolute atomic E-state index is 11.0. The van der Waals surface area contributed by atoms with Gasteiger partial charge in [0.15, 0.2) is 0 Å². The summed E-state index contributed by atoms with van der Waals surface area (Å²) in [7, 11) is 0. The fraction of sp³-hybridized carbons (Fsp3) is 0.308. The van der Waals surface area contributed by atoms with Gasteiger partial charge in [-0.05, 0) is 19.9 Å². The Morgan fingerprint density at radius 2 is 2.26 bits per heavy atom. The minimum absolute atomic E-state index is 0.104. The van der Waals surface area contributed by atoms with Crippen molar-refractivity contribution in [1.82, 2.24) is 0 Å². The second-order valence-electron chi connectivity index (χ2n) is 4.18. The minimum atomic E-state index is -1.21. The van der Waals surface area contributed by atoms with Crippen molar-refractivity contribution in [3.05, 3.63) is 33.4 Å². The van der Waals surface area contributed by atoms with E-state index < -0.39 is 10.9 Å². The molecule has 6 nitrogen and oxygen atoms in total. The third kappa shape index (κ3) is 3.45. The molecule has 1 unspecified atom stereocenters. The number of rotatable bonds is 5. The number of benzene rings is 1. The van der Waals surface area contributed by atoms with Crippen molar-refractivity contribution in [1.29, 1.82) is 0 Å². The fourth-order valence-electron chi connectivity index (χ4n) is 1.66. The number of nitrogens with one attached hydrogen (secondary N) is 1. The Kier molecular flexibility index (Phi) is 4.48. The van der Waals surface area contributed by atoms with E-state index in [4.69, 9.17) is 11.5 Å². The highest BCUT2D eigenvalue weighted by Gasteiger charge is 2.19. The number of carboxylic acid groups (broad SMARTS) is 1. The van der Waals surface area contributed by atoms with E-state index >= 15 is 0 Å². The van der Waals surface area contributed by atoms with Crippen LogP contribution in [0.3, 0.4) is 0 Å². The summed E-state index contributed by atoms with van der Waals surface area (Å²) in [5.74, 6) is 1.26. The monoisotopic (exact) mass is 262 g/mol. The van der Waals surface area contributed by atoms with Crippen LogP contribution < -0.4 is 5.32 Å². The van der Waals surface area contributed by atoms with Crippen LogP contribution in [-0.4, -0.2) is 22.0 Å². The molecule has 0 aliphatic heterocycles. The van der Waals surface area contributed by atoms with Gasteiger partial charge in [0.2, 0.25) is 0 Å². The molecule has 1 aromatic carbocycles. The van der Waals surface area contributed by atoms with Gasteiger partial charge in [-0.3, -0.25) is 10.1 Å². The Balaban J connectivity index is 3.26. The topological polar surface area (TPSA) is 92.5 Å². The van der Waals surface area contributed by atoms with E-state index in [0.717, 1.165) is 6.07 Å². The summed E-state index contributed by atoms with van der Waals surface area (Å²) in [5, 5.41) is 22.9. The fourth-order valence-corrected chi connectivity index (χ4v) is 1.66. The predicted molar refractivity (Wildman–Crippen MR) is 71.3 cm³/mol. The molecule has 0 heterocycles. The van der Waals surface area contributed by atoms with Crippen LogP contribution in [0, 0.1) is 29.4 Å². The number of carboxylic acids is 1. The zero-order chi connectivity index (χ0) is 14.6. The average Bonchev–Trinajstić information content (AvgIpc) is 2.31. The highest BCUT2D eigenvalue weighted by Crippen LogP contribution is 2.28. The summed E-state index contributed by atoms with van der Waals surface area (Å²) in [6.45, 7) is 3.38. The van der Waals surface area contributed by atoms with Crippen LogP contribution in [0.1, 0.15) is 29.3 Å². The minimum Gasteiger partial charge on any atom is -0.478 e. The third-order valence-corrected chi connectivity index (χ3v) is 2.65. The molecule has 1 atom stereocenters. The van der Waals surface area contributed by atoms with E-state index in [0.29, 0.717) is 17.7 Å². The Morgan fingerprint density at radius 1 is 1.63 bits per heavy atom. The maximum atomic E-state index is 11.0. The van der Waals surface area contributed by atoms with Crippen LogP contribution in [0.15, 0.2) is 12.1 Å². The lowest BCUT2D eigenvalue weighted by Gasteiger charge is -2.15. The van der Waals surface area contributed by atoms with Crippen molar-refractivity contribution >= 4 is 17.3 Å². The molecule has 0 bridgehead atoms. The number of nitrogens with zero attached hydrogens (tertiary/aromatic N) is 1. The summed E-state index contributed by atoms with van der Waals surface area (Å²) in [4.78, 5) is 21.3. The van der Waals surface area contributed by atoms with E-state index in [9.17, 15) is 14.9 Å². The van der Waals surface area contributed by atoms with Crippen LogP contribution in [-0.2, 0) is 0 Å². The van der Waals surface area contributed by atoms with Gasteiger partial charge >= 0.3 is 5.97 Å². The maximum Gasteiger partial charge on any atom is 0.336 e. The van der Waals surface area contributed by atoms with Crippen molar-refractivity contribution in [2.24, 2.45) is 0 Å². The molecule has 0 saturated carbocycles. The average molecular weight is 262 g/mol. The third-order valence-electron chi connectivity index (χ3n) is 2.65. The van der Waals surface area contributed by atoms with Crippen LogP contribution in [0.25, 0.3) is 0 Å². The number of hydrogen-bond donors (Lipinski definition) is 2. The van der Waals surface area contributed by atoms with Gasteiger partial charge in [0.1, 0.15) is 0 Å². The molecule has 19 heavy (non-hydrogen) atoms. The normalized spacial score (nSPS) is 11.4. The van der Waals surface area contributed by atoms with E-state index in [2.05, 4.69) is 11.2 Å². The lowest BCUT2D eigenvalue weighted by atomic mass is 10.1. The zero-order valence-corrected chi connectivity index (χ0v) is 10.6. The first-order valence-electron chi connectivity index (χ1n) is 5.59. The first-order valence-corrected chi connectivity index (χ1v) is 5.59. The molecule has 0 amide bonds. The van der Waals surface area contributed by atoms with Crippen LogP contribution in [0.4, 0.5) is 11.4 Å². The number of hydrogen-bond acceptors (Lipinski definition) is 4. The SMILES string of the molecule is C#CCC(C)Nc1cc(C(=O)O)cc([N+](=O)[O-])c1C. The van der Waals surface area contributed by atoms with E-state index in [1.165, 1.54) is 6.07 Å². The van der Waals surface area contributed by atoms with Crippen LogP contribution in [0.5, 0.6) is 0 Å². The summed E-state index contributed by atoms with van der Waals surface area (Å²) in [6, 6.07) is 2.32. The van der Waals surface area contributed by atoms with E-state index in [1.54, 1.807) is 6.92 Å². The molecule has 0 aliphatic carbocycles. The molecule has 0 aliphatic rings. The van der Waals surface area contributed by atoms with Crippen molar-refractivity contribution < 1.29 is 14.8 Å². The molecule has 6 heteroatoms. The quantitative estimate of drug-likeness (QED) is 0.483. The number of aromatic carboxylic acids is 1. The number of carbonyl (C=O) groups is 1. The lowest BCUT2D eigenvalue weighted by molar-refractivity contribution is -0.385. The summed E-state index contributed by atoms with van der Waals surface area (Å²) < 4.78 is 0. The molecule has 1 rings (SSSR count). The van der Waals surface area contributed by atoms with Crippen LogP contribution >= 0.6 is 0 Å². The summed E-state index contributed by atoms with van der Waals surface area (Å²) in [5.41, 5.74) is 0.441. The molecule has 0 fully saturated rings. The van der Waals surface area contributed by atoms with Crippen molar-refractivity contribution in [3.8, 4) is 12.3 Å². The van der Waals surface area contributed by atoms with Gasteiger partial charge in [-0.2, -0.15) is 0 Å². The van der Waals surface area contributed by atoms with Gasteiger partial charge in [-0.1, -0.05) is 0 Å². The van der Waals surface area contributed by atoms with E-state index in [1.807, 2.05) is 6.92 Å². The number of anilines is 1. The summed E-state index contributed by atoms with van der Waals surface area (Å²) >= 11 is 0. The Hall–Kier alpha value is -2.55.